The Morgan fingerprint density at radius 1 is 1.40 bits per heavy atom. The fourth-order valence-corrected chi connectivity index (χ4v) is 2.26. The number of anilines is 1. The van der Waals surface area contributed by atoms with Crippen molar-refractivity contribution >= 4 is 11.6 Å². The minimum Gasteiger partial charge on any atom is -0.497 e. The van der Waals surface area contributed by atoms with Crippen molar-refractivity contribution in [2.24, 2.45) is 0 Å². The SMILES string of the molecule is COc1ccc(NC(=O)C2Cc3nc[nH]c3CN2)cc1. The van der Waals surface area contributed by atoms with E-state index in [1.807, 2.05) is 24.3 Å². The largest absolute Gasteiger partial charge is 0.497 e. The van der Waals surface area contributed by atoms with Gasteiger partial charge in [-0.2, -0.15) is 0 Å². The van der Waals surface area contributed by atoms with E-state index in [0.29, 0.717) is 13.0 Å². The van der Waals surface area contributed by atoms with Gasteiger partial charge in [-0.05, 0) is 24.3 Å². The fraction of sp³-hybridized carbons (Fsp3) is 0.286. The Morgan fingerprint density at radius 2 is 2.20 bits per heavy atom. The number of hydrogen-bond acceptors (Lipinski definition) is 4. The van der Waals surface area contributed by atoms with Gasteiger partial charge in [-0.15, -0.1) is 0 Å². The summed E-state index contributed by atoms with van der Waals surface area (Å²) in [5.41, 5.74) is 2.77. The van der Waals surface area contributed by atoms with Crippen molar-refractivity contribution in [3.8, 4) is 5.75 Å². The number of nitrogens with zero attached hydrogens (tertiary/aromatic N) is 1. The van der Waals surface area contributed by atoms with E-state index in [9.17, 15) is 4.79 Å². The van der Waals surface area contributed by atoms with E-state index in [4.69, 9.17) is 4.74 Å². The molecule has 0 fully saturated rings. The molecule has 6 nitrogen and oxygen atoms in total. The van der Waals surface area contributed by atoms with Crippen molar-refractivity contribution < 1.29 is 9.53 Å². The monoisotopic (exact) mass is 272 g/mol. The second-order valence-corrected chi connectivity index (χ2v) is 4.68. The number of aromatic amines is 1. The maximum Gasteiger partial charge on any atom is 0.241 e. The van der Waals surface area contributed by atoms with Crippen LogP contribution >= 0.6 is 0 Å². The number of fused-ring (bicyclic) bond motifs is 1. The van der Waals surface area contributed by atoms with Crippen LogP contribution < -0.4 is 15.4 Å². The average molecular weight is 272 g/mol. The summed E-state index contributed by atoms with van der Waals surface area (Å²) < 4.78 is 5.08. The van der Waals surface area contributed by atoms with E-state index >= 15 is 0 Å². The first-order valence-electron chi connectivity index (χ1n) is 6.45. The van der Waals surface area contributed by atoms with Crippen molar-refractivity contribution in [1.29, 1.82) is 0 Å². The highest BCUT2D eigenvalue weighted by atomic mass is 16.5. The Balaban J connectivity index is 1.65. The maximum atomic E-state index is 12.2. The zero-order valence-electron chi connectivity index (χ0n) is 11.1. The minimum absolute atomic E-state index is 0.0520. The third-order valence-electron chi connectivity index (χ3n) is 3.40. The number of methoxy groups -OCH3 is 1. The molecule has 1 unspecified atom stereocenters. The molecule has 20 heavy (non-hydrogen) atoms. The summed E-state index contributed by atoms with van der Waals surface area (Å²) in [4.78, 5) is 19.5. The van der Waals surface area contributed by atoms with Crippen molar-refractivity contribution in [3.63, 3.8) is 0 Å². The number of rotatable bonds is 3. The lowest BCUT2D eigenvalue weighted by Gasteiger charge is -2.22. The molecular formula is C14H16N4O2. The first kappa shape index (κ1) is 12.7. The number of amides is 1. The van der Waals surface area contributed by atoms with Gasteiger partial charge in [0.05, 0.1) is 30.9 Å². The highest BCUT2D eigenvalue weighted by Gasteiger charge is 2.25. The van der Waals surface area contributed by atoms with Crippen LogP contribution in [0.3, 0.4) is 0 Å². The van der Waals surface area contributed by atoms with Crippen LogP contribution in [-0.2, 0) is 17.8 Å². The molecule has 1 aliphatic heterocycles. The zero-order valence-corrected chi connectivity index (χ0v) is 11.1. The molecule has 1 atom stereocenters. The summed E-state index contributed by atoms with van der Waals surface area (Å²) in [6, 6.07) is 7.01. The Hall–Kier alpha value is -2.34. The molecule has 0 radical (unpaired) electrons. The van der Waals surface area contributed by atoms with Crippen molar-refractivity contribution in [3.05, 3.63) is 42.0 Å². The first-order chi connectivity index (χ1) is 9.76. The quantitative estimate of drug-likeness (QED) is 0.781. The van der Waals surface area contributed by atoms with E-state index in [1.54, 1.807) is 13.4 Å². The van der Waals surface area contributed by atoms with Crippen LogP contribution in [0.2, 0.25) is 0 Å². The summed E-state index contributed by atoms with van der Waals surface area (Å²) >= 11 is 0. The minimum atomic E-state index is -0.257. The molecule has 104 valence electrons. The number of ether oxygens (including phenoxy) is 1. The number of carbonyl (C=O) groups excluding carboxylic acids is 1. The Bertz CT molecular complexity index is 606. The van der Waals surface area contributed by atoms with E-state index in [2.05, 4.69) is 20.6 Å². The molecule has 1 amide bonds. The van der Waals surface area contributed by atoms with E-state index in [1.165, 1.54) is 0 Å². The van der Waals surface area contributed by atoms with Crippen LogP contribution in [0.1, 0.15) is 11.4 Å². The van der Waals surface area contributed by atoms with Crippen LogP contribution in [0, 0.1) is 0 Å². The molecule has 1 aliphatic rings. The summed E-state index contributed by atoms with van der Waals surface area (Å²) in [5, 5.41) is 6.09. The molecule has 1 aromatic carbocycles. The predicted octanol–water partition coefficient (Wildman–Crippen LogP) is 1.07. The highest BCUT2D eigenvalue weighted by molar-refractivity contribution is 5.95. The zero-order chi connectivity index (χ0) is 13.9. The third kappa shape index (κ3) is 2.50. The summed E-state index contributed by atoms with van der Waals surface area (Å²) in [6.45, 7) is 0.635. The lowest BCUT2D eigenvalue weighted by atomic mass is 10.0. The molecule has 3 N–H and O–H groups in total. The fourth-order valence-electron chi connectivity index (χ4n) is 2.26. The van der Waals surface area contributed by atoms with Gasteiger partial charge < -0.3 is 15.0 Å². The molecule has 3 rings (SSSR count). The normalized spacial score (nSPS) is 17.4. The van der Waals surface area contributed by atoms with Crippen LogP contribution in [-0.4, -0.2) is 29.0 Å². The molecule has 0 saturated heterocycles. The Kier molecular flexibility index (Phi) is 3.39. The van der Waals surface area contributed by atoms with Crippen molar-refractivity contribution in [1.82, 2.24) is 15.3 Å². The molecule has 2 heterocycles. The number of nitrogens with one attached hydrogen (secondary N) is 3. The molecule has 0 saturated carbocycles. The van der Waals surface area contributed by atoms with Crippen molar-refractivity contribution in [2.45, 2.75) is 19.0 Å². The van der Waals surface area contributed by atoms with Gasteiger partial charge in [0.25, 0.3) is 0 Å². The van der Waals surface area contributed by atoms with E-state index < -0.39 is 0 Å². The van der Waals surface area contributed by atoms with Crippen LogP contribution in [0.25, 0.3) is 0 Å². The standard InChI is InChI=1S/C14H16N4O2/c1-20-10-4-2-9(3-5-10)18-14(19)12-6-11-13(7-15-12)17-8-16-11/h2-5,8,12,15H,6-7H2,1H3,(H,16,17)(H,18,19). The molecule has 0 spiro atoms. The molecule has 0 bridgehead atoms. The summed E-state index contributed by atoms with van der Waals surface area (Å²) in [7, 11) is 1.61. The number of imidazole rings is 1. The van der Waals surface area contributed by atoms with E-state index in [-0.39, 0.29) is 11.9 Å². The Labute approximate surface area is 116 Å². The van der Waals surface area contributed by atoms with Gasteiger partial charge in [-0.25, -0.2) is 4.98 Å². The van der Waals surface area contributed by atoms with E-state index in [0.717, 1.165) is 22.8 Å². The lowest BCUT2D eigenvalue weighted by Crippen LogP contribution is -2.44. The topological polar surface area (TPSA) is 79.0 Å². The molecular weight excluding hydrogens is 256 g/mol. The van der Waals surface area contributed by atoms with Crippen molar-refractivity contribution in [2.75, 3.05) is 12.4 Å². The Morgan fingerprint density at radius 3 is 2.95 bits per heavy atom. The molecule has 1 aromatic heterocycles. The van der Waals surface area contributed by atoms with Gasteiger partial charge in [-0.1, -0.05) is 0 Å². The van der Waals surface area contributed by atoms with Crippen LogP contribution in [0.15, 0.2) is 30.6 Å². The van der Waals surface area contributed by atoms with Gasteiger partial charge in [0.1, 0.15) is 5.75 Å². The number of H-pyrrole nitrogens is 1. The number of hydrogen-bond donors (Lipinski definition) is 3. The van der Waals surface area contributed by atoms with Gasteiger partial charge in [0.2, 0.25) is 5.91 Å². The van der Waals surface area contributed by atoms with Crippen LogP contribution in [0.5, 0.6) is 5.75 Å². The van der Waals surface area contributed by atoms with Crippen LogP contribution in [0.4, 0.5) is 5.69 Å². The number of carbonyl (C=O) groups is 1. The van der Waals surface area contributed by atoms with Gasteiger partial charge in [0, 0.05) is 18.7 Å². The molecule has 2 aromatic rings. The summed E-state index contributed by atoms with van der Waals surface area (Å²) in [6.07, 6.45) is 2.26. The highest BCUT2D eigenvalue weighted by Crippen LogP contribution is 2.17. The van der Waals surface area contributed by atoms with Gasteiger partial charge in [0.15, 0.2) is 0 Å². The molecule has 6 heteroatoms. The maximum absolute atomic E-state index is 12.2. The average Bonchev–Trinajstić information content (AvgIpc) is 2.95. The number of aromatic nitrogens is 2. The second-order valence-electron chi connectivity index (χ2n) is 4.68. The van der Waals surface area contributed by atoms with Gasteiger partial charge >= 0.3 is 0 Å². The second kappa shape index (κ2) is 5.34. The number of benzene rings is 1. The predicted molar refractivity (Wildman–Crippen MR) is 74.5 cm³/mol. The lowest BCUT2D eigenvalue weighted by molar-refractivity contribution is -0.118. The van der Waals surface area contributed by atoms with Gasteiger partial charge in [-0.3, -0.25) is 10.1 Å². The first-order valence-corrected chi connectivity index (χ1v) is 6.45. The third-order valence-corrected chi connectivity index (χ3v) is 3.40. The molecule has 0 aliphatic carbocycles. The summed E-state index contributed by atoms with van der Waals surface area (Å²) in [5.74, 6) is 0.712. The smallest absolute Gasteiger partial charge is 0.241 e.